The predicted molar refractivity (Wildman–Crippen MR) is 75.7 cm³/mol. The number of hydrogen-bond acceptors (Lipinski definition) is 1. The van der Waals surface area contributed by atoms with Crippen molar-refractivity contribution in [2.45, 2.75) is 26.2 Å². The zero-order valence-electron chi connectivity index (χ0n) is 13.2. The Labute approximate surface area is 142 Å². The fourth-order valence-corrected chi connectivity index (χ4v) is 2.48. The van der Waals surface area contributed by atoms with E-state index in [2.05, 4.69) is 0 Å². The number of alkyl halides is 6. The van der Waals surface area contributed by atoms with Crippen molar-refractivity contribution in [2.75, 3.05) is 0 Å². The lowest BCUT2D eigenvalue weighted by molar-refractivity contribution is -0.139. The zero-order valence-corrected chi connectivity index (χ0v) is 13.2. The molecule has 0 fully saturated rings. The smallest absolute Gasteiger partial charge is 0.288 e. The van der Waals surface area contributed by atoms with Gasteiger partial charge in [-0.15, -0.1) is 0 Å². The Bertz CT molecular complexity index is 806. The Morgan fingerprint density at radius 3 is 1.27 bits per heavy atom. The molecule has 0 unspecified atom stereocenters. The van der Waals surface area contributed by atoms with Gasteiger partial charge in [0.05, 0.1) is 22.3 Å². The molecule has 2 aromatic rings. The second kappa shape index (κ2) is 6.37. The summed E-state index contributed by atoms with van der Waals surface area (Å²) in [6, 6.07) is 1.97. The van der Waals surface area contributed by atoms with Gasteiger partial charge in [-0.1, -0.05) is 0 Å². The van der Waals surface area contributed by atoms with Crippen molar-refractivity contribution in [3.05, 3.63) is 69.3 Å². The van der Waals surface area contributed by atoms with E-state index in [0.717, 1.165) is 13.8 Å². The van der Waals surface area contributed by atoms with E-state index in [9.17, 15) is 39.9 Å². The van der Waals surface area contributed by atoms with Gasteiger partial charge in [0.1, 0.15) is 11.6 Å². The Balaban J connectivity index is 2.58. The van der Waals surface area contributed by atoms with Gasteiger partial charge in [-0.2, -0.15) is 26.3 Å². The van der Waals surface area contributed by atoms with Crippen LogP contribution in [-0.2, 0) is 12.4 Å². The Hall–Kier alpha value is -2.45. The highest BCUT2D eigenvalue weighted by Gasteiger charge is 2.36. The summed E-state index contributed by atoms with van der Waals surface area (Å²) in [7, 11) is 0. The minimum atomic E-state index is -4.86. The molecular weight excluding hydrogens is 372 g/mol. The molecule has 2 aromatic carbocycles. The van der Waals surface area contributed by atoms with Gasteiger partial charge in [0.15, 0.2) is 5.78 Å². The first-order chi connectivity index (χ1) is 11.8. The van der Waals surface area contributed by atoms with E-state index in [4.69, 9.17) is 0 Å². The monoisotopic (exact) mass is 382 g/mol. The number of ketones is 1. The zero-order chi connectivity index (χ0) is 20.0. The van der Waals surface area contributed by atoms with Gasteiger partial charge in [0.2, 0.25) is 0 Å². The summed E-state index contributed by atoms with van der Waals surface area (Å²) in [5, 5.41) is 0. The molecule has 26 heavy (non-hydrogen) atoms. The first kappa shape index (κ1) is 19.9. The van der Waals surface area contributed by atoms with E-state index in [1.165, 1.54) is 0 Å². The third-order valence-electron chi connectivity index (χ3n) is 3.87. The molecule has 0 aromatic heterocycles. The van der Waals surface area contributed by atoms with Crippen LogP contribution in [0.25, 0.3) is 0 Å². The second-order valence-corrected chi connectivity index (χ2v) is 5.52. The maximum Gasteiger partial charge on any atom is 0.416 e. The van der Waals surface area contributed by atoms with E-state index in [1.807, 2.05) is 0 Å². The standard InChI is InChI=1S/C17H10F8O/c1-7-11(16(20,21)22)5-3-9(13(7)18)15(26)10-4-6-12(17(23,24)25)8(2)14(10)19/h3-6H,1-2H3. The van der Waals surface area contributed by atoms with Gasteiger partial charge in [-0.25, -0.2) is 8.78 Å². The number of carbonyl (C=O) groups excluding carboxylic acids is 1. The van der Waals surface area contributed by atoms with Gasteiger partial charge in [0.25, 0.3) is 0 Å². The molecule has 0 radical (unpaired) electrons. The highest BCUT2D eigenvalue weighted by molar-refractivity contribution is 6.09. The van der Waals surface area contributed by atoms with Crippen LogP contribution in [0.2, 0.25) is 0 Å². The van der Waals surface area contributed by atoms with Crippen LogP contribution in [0.3, 0.4) is 0 Å². The molecule has 0 amide bonds. The van der Waals surface area contributed by atoms with Crippen LogP contribution in [0.5, 0.6) is 0 Å². The molecule has 0 aliphatic carbocycles. The molecular formula is C17H10F8O. The third-order valence-corrected chi connectivity index (χ3v) is 3.87. The summed E-state index contributed by atoms with van der Waals surface area (Å²) < 4.78 is 105. The van der Waals surface area contributed by atoms with Gasteiger partial charge < -0.3 is 0 Å². The summed E-state index contributed by atoms with van der Waals surface area (Å²) in [5.74, 6) is -4.38. The van der Waals surface area contributed by atoms with Crippen LogP contribution in [-0.4, -0.2) is 5.78 Å². The number of hydrogen-bond donors (Lipinski definition) is 0. The first-order valence-corrected chi connectivity index (χ1v) is 7.04. The maximum atomic E-state index is 14.2. The average Bonchev–Trinajstić information content (AvgIpc) is 2.49. The van der Waals surface area contributed by atoms with E-state index in [0.29, 0.717) is 24.3 Å². The van der Waals surface area contributed by atoms with E-state index in [-0.39, 0.29) is 0 Å². The van der Waals surface area contributed by atoms with Crippen LogP contribution in [0.4, 0.5) is 35.1 Å². The molecule has 0 aliphatic rings. The highest BCUT2D eigenvalue weighted by atomic mass is 19.4. The Morgan fingerprint density at radius 1 is 0.692 bits per heavy atom. The lowest BCUT2D eigenvalue weighted by Crippen LogP contribution is -2.15. The maximum absolute atomic E-state index is 14.2. The predicted octanol–water partition coefficient (Wildman–Crippen LogP) is 5.85. The van der Waals surface area contributed by atoms with Gasteiger partial charge in [-0.3, -0.25) is 4.79 Å². The summed E-state index contributed by atoms with van der Waals surface area (Å²) in [6.45, 7) is 1.59. The third kappa shape index (κ3) is 3.42. The van der Waals surface area contributed by atoms with Crippen molar-refractivity contribution in [3.8, 4) is 0 Å². The summed E-state index contributed by atoms with van der Waals surface area (Å²) in [6.07, 6.45) is -9.72. The minimum absolute atomic E-state index is 0.459. The molecule has 0 saturated heterocycles. The molecule has 0 aliphatic heterocycles. The topological polar surface area (TPSA) is 17.1 Å². The second-order valence-electron chi connectivity index (χ2n) is 5.52. The number of rotatable bonds is 2. The molecule has 140 valence electrons. The molecule has 0 heterocycles. The summed E-state index contributed by atoms with van der Waals surface area (Å²) >= 11 is 0. The van der Waals surface area contributed by atoms with Crippen molar-refractivity contribution in [3.63, 3.8) is 0 Å². The fraction of sp³-hybridized carbons (Fsp3) is 0.235. The van der Waals surface area contributed by atoms with E-state index < -0.39 is 63.2 Å². The van der Waals surface area contributed by atoms with Crippen LogP contribution in [0.15, 0.2) is 24.3 Å². The van der Waals surface area contributed by atoms with Crippen LogP contribution in [0, 0.1) is 25.5 Å². The molecule has 0 N–H and O–H groups in total. The quantitative estimate of drug-likeness (QED) is 0.470. The molecule has 1 nitrogen and oxygen atoms in total. The lowest BCUT2D eigenvalue weighted by atomic mass is 9.94. The normalized spacial score (nSPS) is 12.4. The highest BCUT2D eigenvalue weighted by Crippen LogP contribution is 2.36. The van der Waals surface area contributed by atoms with Crippen molar-refractivity contribution < 1.29 is 39.9 Å². The largest absolute Gasteiger partial charge is 0.416 e. The molecule has 9 heteroatoms. The molecule has 0 bridgehead atoms. The molecule has 0 atom stereocenters. The first-order valence-electron chi connectivity index (χ1n) is 7.04. The molecule has 0 spiro atoms. The van der Waals surface area contributed by atoms with Gasteiger partial charge >= 0.3 is 12.4 Å². The minimum Gasteiger partial charge on any atom is -0.288 e. The molecule has 0 saturated carbocycles. The summed E-state index contributed by atoms with van der Waals surface area (Å²) in [5.41, 5.74) is -6.09. The number of halogens is 8. The average molecular weight is 382 g/mol. The van der Waals surface area contributed by atoms with Crippen molar-refractivity contribution in [1.29, 1.82) is 0 Å². The number of benzene rings is 2. The van der Waals surface area contributed by atoms with Gasteiger partial charge in [-0.05, 0) is 49.2 Å². The summed E-state index contributed by atoms with van der Waals surface area (Å²) in [4.78, 5) is 12.3. The SMILES string of the molecule is Cc1c(C(F)(F)F)ccc(C(=O)c2ccc(C(F)(F)F)c(C)c2F)c1F. The van der Waals surface area contributed by atoms with E-state index in [1.54, 1.807) is 0 Å². The van der Waals surface area contributed by atoms with Crippen LogP contribution < -0.4 is 0 Å². The van der Waals surface area contributed by atoms with Crippen molar-refractivity contribution in [1.82, 2.24) is 0 Å². The van der Waals surface area contributed by atoms with Crippen molar-refractivity contribution in [2.24, 2.45) is 0 Å². The van der Waals surface area contributed by atoms with Crippen LogP contribution >= 0.6 is 0 Å². The van der Waals surface area contributed by atoms with Gasteiger partial charge in [0, 0.05) is 0 Å². The molecule has 2 rings (SSSR count). The number of carbonyl (C=O) groups is 1. The fourth-order valence-electron chi connectivity index (χ4n) is 2.48. The van der Waals surface area contributed by atoms with E-state index >= 15 is 0 Å². The van der Waals surface area contributed by atoms with Crippen molar-refractivity contribution >= 4 is 5.78 Å². The van der Waals surface area contributed by atoms with Crippen LogP contribution in [0.1, 0.15) is 38.2 Å². The Kier molecular flexibility index (Phi) is 4.87. The Morgan fingerprint density at radius 2 is 1.00 bits per heavy atom. The lowest BCUT2D eigenvalue weighted by Gasteiger charge is -2.15.